The predicted octanol–water partition coefficient (Wildman–Crippen LogP) is 3.61. The molecule has 0 aliphatic carbocycles. The van der Waals surface area contributed by atoms with Crippen LogP contribution in [-0.2, 0) is 24.2 Å². The van der Waals surface area contributed by atoms with Crippen molar-refractivity contribution >= 4 is 5.91 Å². The Hall–Kier alpha value is -2.50. The molecule has 1 aliphatic rings. The van der Waals surface area contributed by atoms with Crippen molar-refractivity contribution in [2.75, 3.05) is 7.05 Å². The number of carbonyl (C=O) groups excluding carboxylic acids is 1. The van der Waals surface area contributed by atoms with Crippen LogP contribution in [-0.4, -0.2) is 33.7 Å². The number of aromatic nitrogens is 1. The van der Waals surface area contributed by atoms with E-state index in [2.05, 4.69) is 5.16 Å². The van der Waals surface area contributed by atoms with Crippen LogP contribution in [0.5, 0.6) is 11.5 Å². The number of aromatic hydroxyl groups is 1. The standard InChI is InChI=1S/C21H28N2O4/c1-7-15-10-16(27-22-15)11-23(6)20(25)21(5)9-8-17-14(4)18(24)12(2)13(3)19(17)26-21/h10,24H,7-9,11H2,1-6H3/t21-/m0/s1. The molecule has 0 saturated carbocycles. The van der Waals surface area contributed by atoms with Gasteiger partial charge in [0, 0.05) is 25.1 Å². The quantitative estimate of drug-likeness (QED) is 0.887. The van der Waals surface area contributed by atoms with Crippen molar-refractivity contribution in [2.24, 2.45) is 0 Å². The Balaban J connectivity index is 1.84. The molecule has 1 aromatic carbocycles. The van der Waals surface area contributed by atoms with Gasteiger partial charge in [-0.15, -0.1) is 0 Å². The zero-order chi connectivity index (χ0) is 19.9. The number of hydrogen-bond acceptors (Lipinski definition) is 5. The van der Waals surface area contributed by atoms with Gasteiger partial charge in [0.2, 0.25) is 0 Å². The molecule has 2 aromatic rings. The number of phenolic OH excluding ortho intramolecular Hbond substituents is 1. The highest BCUT2D eigenvalue weighted by atomic mass is 16.5. The van der Waals surface area contributed by atoms with Crippen molar-refractivity contribution in [1.29, 1.82) is 0 Å². The van der Waals surface area contributed by atoms with Gasteiger partial charge in [0.25, 0.3) is 5.91 Å². The summed E-state index contributed by atoms with van der Waals surface area (Å²) in [6, 6.07) is 1.88. The van der Waals surface area contributed by atoms with Crippen molar-refractivity contribution < 1.29 is 19.2 Å². The Labute approximate surface area is 160 Å². The van der Waals surface area contributed by atoms with Crippen molar-refractivity contribution in [3.8, 4) is 11.5 Å². The van der Waals surface area contributed by atoms with E-state index in [0.717, 1.165) is 40.1 Å². The summed E-state index contributed by atoms with van der Waals surface area (Å²) in [5.74, 6) is 1.62. The number of phenols is 1. The lowest BCUT2D eigenvalue weighted by Gasteiger charge is -2.38. The van der Waals surface area contributed by atoms with E-state index >= 15 is 0 Å². The van der Waals surface area contributed by atoms with Crippen LogP contribution < -0.4 is 4.74 Å². The zero-order valence-corrected chi connectivity index (χ0v) is 17.0. The Bertz CT molecular complexity index is 887. The molecule has 6 nitrogen and oxygen atoms in total. The number of aryl methyl sites for hydroxylation is 1. The van der Waals surface area contributed by atoms with E-state index in [1.54, 1.807) is 11.9 Å². The van der Waals surface area contributed by atoms with E-state index in [-0.39, 0.29) is 5.91 Å². The lowest BCUT2D eigenvalue weighted by molar-refractivity contribution is -0.147. The molecular weight excluding hydrogens is 344 g/mol. The number of ether oxygens (including phenoxy) is 1. The second-order valence-corrected chi connectivity index (χ2v) is 7.66. The molecule has 0 saturated heterocycles. The molecule has 0 bridgehead atoms. The molecule has 1 atom stereocenters. The largest absolute Gasteiger partial charge is 0.507 e. The molecule has 2 heterocycles. The summed E-state index contributed by atoms with van der Waals surface area (Å²) in [6.45, 7) is 9.89. The summed E-state index contributed by atoms with van der Waals surface area (Å²) >= 11 is 0. The van der Waals surface area contributed by atoms with Gasteiger partial charge in [-0.25, -0.2) is 0 Å². The van der Waals surface area contributed by atoms with Gasteiger partial charge in [-0.3, -0.25) is 4.79 Å². The SMILES string of the molecule is CCc1cc(CN(C)C(=O)[C@]2(C)CCc3c(C)c(O)c(C)c(C)c3O2)on1. The number of hydrogen-bond donors (Lipinski definition) is 1. The van der Waals surface area contributed by atoms with Gasteiger partial charge in [-0.2, -0.15) is 0 Å². The highest BCUT2D eigenvalue weighted by molar-refractivity contribution is 5.85. The molecule has 6 heteroatoms. The Kier molecular flexibility index (Phi) is 4.93. The summed E-state index contributed by atoms with van der Waals surface area (Å²) in [5, 5.41) is 14.3. The fourth-order valence-corrected chi connectivity index (χ4v) is 3.70. The molecule has 146 valence electrons. The van der Waals surface area contributed by atoms with Gasteiger partial charge < -0.3 is 19.3 Å². The third kappa shape index (κ3) is 3.29. The van der Waals surface area contributed by atoms with E-state index in [1.165, 1.54) is 0 Å². The maximum Gasteiger partial charge on any atom is 0.266 e. The van der Waals surface area contributed by atoms with Crippen LogP contribution in [0.15, 0.2) is 10.6 Å². The average Bonchev–Trinajstić information content (AvgIpc) is 3.11. The topological polar surface area (TPSA) is 75.8 Å². The van der Waals surface area contributed by atoms with Gasteiger partial charge >= 0.3 is 0 Å². The number of nitrogens with zero attached hydrogens (tertiary/aromatic N) is 2. The predicted molar refractivity (Wildman–Crippen MR) is 102 cm³/mol. The molecule has 0 fully saturated rings. The average molecular weight is 372 g/mol. The van der Waals surface area contributed by atoms with Gasteiger partial charge in [0.1, 0.15) is 11.5 Å². The molecule has 1 aromatic heterocycles. The van der Waals surface area contributed by atoms with E-state index in [4.69, 9.17) is 9.26 Å². The fourth-order valence-electron chi connectivity index (χ4n) is 3.70. The smallest absolute Gasteiger partial charge is 0.266 e. The van der Waals surface area contributed by atoms with E-state index in [9.17, 15) is 9.90 Å². The fraction of sp³-hybridized carbons (Fsp3) is 0.524. The van der Waals surface area contributed by atoms with Crippen molar-refractivity contribution in [2.45, 2.75) is 66.0 Å². The van der Waals surface area contributed by atoms with Crippen LogP contribution >= 0.6 is 0 Å². The minimum absolute atomic E-state index is 0.0922. The molecule has 0 unspecified atom stereocenters. The van der Waals surface area contributed by atoms with E-state index in [1.807, 2.05) is 40.7 Å². The van der Waals surface area contributed by atoms with E-state index < -0.39 is 5.60 Å². The van der Waals surface area contributed by atoms with E-state index in [0.29, 0.717) is 30.9 Å². The number of carbonyl (C=O) groups is 1. The number of benzene rings is 1. The van der Waals surface area contributed by atoms with Crippen molar-refractivity contribution in [1.82, 2.24) is 10.1 Å². The highest BCUT2D eigenvalue weighted by Crippen LogP contribution is 2.43. The van der Waals surface area contributed by atoms with Crippen molar-refractivity contribution in [3.63, 3.8) is 0 Å². The molecule has 3 rings (SSSR count). The van der Waals surface area contributed by atoms with Crippen LogP contribution in [0.25, 0.3) is 0 Å². The maximum atomic E-state index is 13.1. The summed E-state index contributed by atoms with van der Waals surface area (Å²) in [6.07, 6.45) is 2.04. The first kappa shape index (κ1) is 19.3. The van der Waals surface area contributed by atoms with Gasteiger partial charge in [0.05, 0.1) is 12.2 Å². The first-order chi connectivity index (χ1) is 12.7. The summed E-state index contributed by atoms with van der Waals surface area (Å²) in [7, 11) is 1.75. The number of amides is 1. The second-order valence-electron chi connectivity index (χ2n) is 7.66. The van der Waals surface area contributed by atoms with Crippen LogP contribution in [0, 0.1) is 20.8 Å². The molecule has 1 amide bonds. The van der Waals surface area contributed by atoms with Crippen LogP contribution in [0.3, 0.4) is 0 Å². The first-order valence-electron chi connectivity index (χ1n) is 9.38. The van der Waals surface area contributed by atoms with Crippen molar-refractivity contribution in [3.05, 3.63) is 39.8 Å². The minimum atomic E-state index is -0.948. The number of likely N-dealkylation sites (N-methyl/N-ethyl adjacent to an activating group) is 1. The van der Waals surface area contributed by atoms with Crippen LogP contribution in [0.1, 0.15) is 54.0 Å². The molecule has 1 aliphatic heterocycles. The van der Waals surface area contributed by atoms with Gasteiger partial charge in [-0.05, 0) is 57.2 Å². The Morgan fingerprint density at radius 1 is 1.30 bits per heavy atom. The van der Waals surface area contributed by atoms with Gasteiger partial charge in [0.15, 0.2) is 11.4 Å². The third-order valence-electron chi connectivity index (χ3n) is 5.68. The molecule has 0 spiro atoms. The first-order valence-corrected chi connectivity index (χ1v) is 9.38. The lowest BCUT2D eigenvalue weighted by Crippen LogP contribution is -2.51. The summed E-state index contributed by atoms with van der Waals surface area (Å²) in [5.41, 5.74) is 3.44. The number of rotatable bonds is 4. The lowest BCUT2D eigenvalue weighted by atomic mass is 9.86. The zero-order valence-electron chi connectivity index (χ0n) is 17.0. The Morgan fingerprint density at radius 3 is 2.63 bits per heavy atom. The molecule has 27 heavy (non-hydrogen) atoms. The highest BCUT2D eigenvalue weighted by Gasteiger charge is 2.42. The number of fused-ring (bicyclic) bond motifs is 1. The minimum Gasteiger partial charge on any atom is -0.507 e. The summed E-state index contributed by atoms with van der Waals surface area (Å²) < 4.78 is 11.6. The molecular formula is C21H28N2O4. The normalized spacial score (nSPS) is 18.7. The third-order valence-corrected chi connectivity index (χ3v) is 5.68. The molecule has 0 radical (unpaired) electrons. The Morgan fingerprint density at radius 2 is 2.00 bits per heavy atom. The van der Waals surface area contributed by atoms with Crippen LogP contribution in [0.2, 0.25) is 0 Å². The second kappa shape index (κ2) is 6.91. The van der Waals surface area contributed by atoms with Gasteiger partial charge in [-0.1, -0.05) is 12.1 Å². The van der Waals surface area contributed by atoms with Crippen LogP contribution in [0.4, 0.5) is 0 Å². The maximum absolute atomic E-state index is 13.1. The summed E-state index contributed by atoms with van der Waals surface area (Å²) in [4.78, 5) is 14.8. The monoisotopic (exact) mass is 372 g/mol. The molecule has 1 N–H and O–H groups in total.